The molecule has 0 saturated carbocycles. The zero-order valence-corrected chi connectivity index (χ0v) is 15.2. The van der Waals surface area contributed by atoms with Gasteiger partial charge in [0.25, 0.3) is 0 Å². The van der Waals surface area contributed by atoms with Gasteiger partial charge in [-0.25, -0.2) is 0 Å². The molecule has 1 N–H and O–H groups in total. The fourth-order valence-corrected chi connectivity index (χ4v) is 3.69. The summed E-state index contributed by atoms with van der Waals surface area (Å²) in [5, 5.41) is 9.91. The SMILES string of the molecule is O=C(Cc1cc(Br)ccc1O)C1CCN(Cc2ccccc2)CC1. The van der Waals surface area contributed by atoms with Gasteiger partial charge >= 0.3 is 0 Å². The maximum Gasteiger partial charge on any atom is 0.140 e. The van der Waals surface area contributed by atoms with E-state index in [1.165, 1.54) is 5.56 Å². The molecule has 3 nitrogen and oxygen atoms in total. The monoisotopic (exact) mass is 387 g/mol. The first-order chi connectivity index (χ1) is 11.6. The van der Waals surface area contributed by atoms with Gasteiger partial charge in [0.2, 0.25) is 0 Å². The van der Waals surface area contributed by atoms with Crippen molar-refractivity contribution in [2.24, 2.45) is 5.92 Å². The molecule has 1 aliphatic heterocycles. The number of piperidine rings is 1. The quantitative estimate of drug-likeness (QED) is 0.836. The molecule has 0 atom stereocenters. The number of Topliss-reactive ketones (excluding diaryl/α,β-unsaturated/α-hetero) is 1. The van der Waals surface area contributed by atoms with Crippen LogP contribution >= 0.6 is 15.9 Å². The zero-order valence-electron chi connectivity index (χ0n) is 13.6. The molecule has 2 aromatic rings. The van der Waals surface area contributed by atoms with E-state index >= 15 is 0 Å². The molecular weight excluding hydrogens is 366 g/mol. The first-order valence-electron chi connectivity index (χ1n) is 8.38. The predicted molar refractivity (Wildman–Crippen MR) is 99.0 cm³/mol. The summed E-state index contributed by atoms with van der Waals surface area (Å²) in [5.41, 5.74) is 2.03. The summed E-state index contributed by atoms with van der Waals surface area (Å²) in [5.74, 6) is 0.547. The largest absolute Gasteiger partial charge is 0.508 e. The number of hydrogen-bond donors (Lipinski definition) is 1. The van der Waals surface area contributed by atoms with Gasteiger partial charge in [-0.3, -0.25) is 9.69 Å². The smallest absolute Gasteiger partial charge is 0.140 e. The molecule has 0 unspecified atom stereocenters. The molecule has 1 saturated heterocycles. The minimum absolute atomic E-state index is 0.107. The number of nitrogens with zero attached hydrogens (tertiary/aromatic N) is 1. The molecule has 0 aliphatic carbocycles. The highest BCUT2D eigenvalue weighted by molar-refractivity contribution is 9.10. The number of ketones is 1. The van der Waals surface area contributed by atoms with Gasteiger partial charge in [-0.15, -0.1) is 0 Å². The van der Waals surface area contributed by atoms with Crippen LogP contribution in [0.2, 0.25) is 0 Å². The van der Waals surface area contributed by atoms with Gasteiger partial charge in [0.1, 0.15) is 11.5 Å². The van der Waals surface area contributed by atoms with E-state index in [-0.39, 0.29) is 17.5 Å². The molecule has 2 aromatic carbocycles. The topological polar surface area (TPSA) is 40.5 Å². The molecule has 0 spiro atoms. The molecular formula is C20H22BrNO2. The Morgan fingerprint density at radius 2 is 1.83 bits per heavy atom. The van der Waals surface area contributed by atoms with E-state index in [2.05, 4.69) is 45.1 Å². The van der Waals surface area contributed by atoms with Crippen molar-refractivity contribution in [3.8, 4) is 5.75 Å². The highest BCUT2D eigenvalue weighted by Gasteiger charge is 2.25. The predicted octanol–water partition coefficient (Wildman–Crippen LogP) is 4.18. The Hall–Kier alpha value is -1.65. The van der Waals surface area contributed by atoms with Crippen LogP contribution < -0.4 is 0 Å². The molecule has 0 radical (unpaired) electrons. The van der Waals surface area contributed by atoms with E-state index in [1.807, 2.05) is 12.1 Å². The van der Waals surface area contributed by atoms with Gasteiger partial charge in [0.05, 0.1) is 0 Å². The van der Waals surface area contributed by atoms with Crippen LogP contribution in [0.4, 0.5) is 0 Å². The molecule has 126 valence electrons. The highest BCUT2D eigenvalue weighted by atomic mass is 79.9. The lowest BCUT2D eigenvalue weighted by atomic mass is 9.89. The fourth-order valence-electron chi connectivity index (χ4n) is 3.28. The lowest BCUT2D eigenvalue weighted by Crippen LogP contribution is -2.36. The number of likely N-dealkylation sites (tertiary alicyclic amines) is 1. The van der Waals surface area contributed by atoms with Crippen molar-refractivity contribution in [1.82, 2.24) is 4.90 Å². The van der Waals surface area contributed by atoms with Crippen molar-refractivity contribution in [2.75, 3.05) is 13.1 Å². The van der Waals surface area contributed by atoms with Crippen molar-refractivity contribution >= 4 is 21.7 Å². The Labute approximate surface area is 151 Å². The maximum absolute atomic E-state index is 12.6. The number of phenols is 1. The first kappa shape index (κ1) is 17.2. The first-order valence-corrected chi connectivity index (χ1v) is 9.17. The number of aromatic hydroxyl groups is 1. The summed E-state index contributed by atoms with van der Waals surface area (Å²) >= 11 is 3.39. The summed E-state index contributed by atoms with van der Waals surface area (Å²) in [6.45, 7) is 2.86. The van der Waals surface area contributed by atoms with Crippen molar-refractivity contribution in [3.05, 3.63) is 64.1 Å². The van der Waals surface area contributed by atoms with E-state index in [0.29, 0.717) is 12.0 Å². The van der Waals surface area contributed by atoms with Crippen LogP contribution in [-0.2, 0) is 17.8 Å². The zero-order chi connectivity index (χ0) is 16.9. The third-order valence-electron chi connectivity index (χ3n) is 4.70. The lowest BCUT2D eigenvalue weighted by Gasteiger charge is -2.31. The van der Waals surface area contributed by atoms with Crippen LogP contribution in [-0.4, -0.2) is 28.9 Å². The second kappa shape index (κ2) is 7.95. The molecule has 24 heavy (non-hydrogen) atoms. The lowest BCUT2D eigenvalue weighted by molar-refractivity contribution is -0.123. The Morgan fingerprint density at radius 3 is 2.54 bits per heavy atom. The molecule has 3 rings (SSSR count). The fraction of sp³-hybridized carbons (Fsp3) is 0.350. The average molecular weight is 388 g/mol. The Morgan fingerprint density at radius 1 is 1.12 bits per heavy atom. The van der Waals surface area contributed by atoms with Crippen LogP contribution in [0.15, 0.2) is 53.0 Å². The van der Waals surface area contributed by atoms with Crippen LogP contribution in [0.5, 0.6) is 5.75 Å². The summed E-state index contributed by atoms with van der Waals surface area (Å²) < 4.78 is 0.890. The Bertz CT molecular complexity index is 694. The summed E-state index contributed by atoms with van der Waals surface area (Å²) in [4.78, 5) is 15.0. The van der Waals surface area contributed by atoms with Gasteiger partial charge in [-0.1, -0.05) is 46.3 Å². The third kappa shape index (κ3) is 4.46. The molecule has 1 heterocycles. The number of phenolic OH excluding ortho intramolecular Hbond substituents is 1. The molecule has 1 fully saturated rings. The third-order valence-corrected chi connectivity index (χ3v) is 5.19. The Balaban J connectivity index is 1.52. The van der Waals surface area contributed by atoms with Crippen LogP contribution in [0.25, 0.3) is 0 Å². The van der Waals surface area contributed by atoms with Gasteiger partial charge in [0.15, 0.2) is 0 Å². The number of rotatable bonds is 5. The summed E-state index contributed by atoms with van der Waals surface area (Å²) in [6, 6.07) is 15.7. The van der Waals surface area contributed by atoms with Crippen LogP contribution in [0.3, 0.4) is 0 Å². The minimum Gasteiger partial charge on any atom is -0.508 e. The number of carbonyl (C=O) groups excluding carboxylic acids is 1. The molecule has 0 aromatic heterocycles. The van der Waals surface area contributed by atoms with Crippen LogP contribution in [0, 0.1) is 5.92 Å². The minimum atomic E-state index is 0.107. The average Bonchev–Trinajstić information content (AvgIpc) is 2.60. The maximum atomic E-state index is 12.6. The van der Waals surface area contributed by atoms with Crippen molar-refractivity contribution < 1.29 is 9.90 Å². The normalized spacial score (nSPS) is 16.2. The van der Waals surface area contributed by atoms with Crippen LogP contribution in [0.1, 0.15) is 24.0 Å². The number of hydrogen-bond acceptors (Lipinski definition) is 3. The van der Waals surface area contributed by atoms with Gasteiger partial charge in [-0.05, 0) is 49.7 Å². The van der Waals surface area contributed by atoms with Crippen molar-refractivity contribution in [3.63, 3.8) is 0 Å². The number of benzene rings is 2. The number of halogens is 1. The second-order valence-electron chi connectivity index (χ2n) is 6.45. The molecule has 0 bridgehead atoms. The van der Waals surface area contributed by atoms with E-state index in [0.717, 1.165) is 36.9 Å². The summed E-state index contributed by atoms with van der Waals surface area (Å²) in [7, 11) is 0. The van der Waals surface area contributed by atoms with E-state index in [9.17, 15) is 9.90 Å². The highest BCUT2D eigenvalue weighted by Crippen LogP contribution is 2.26. The molecule has 0 amide bonds. The van der Waals surface area contributed by atoms with E-state index in [1.54, 1.807) is 12.1 Å². The standard InChI is InChI=1S/C20H22BrNO2/c21-18-6-7-19(23)17(12-18)13-20(24)16-8-10-22(11-9-16)14-15-4-2-1-3-5-15/h1-7,12,16,23H,8-11,13-14H2. The molecule has 4 heteroatoms. The summed E-state index contributed by atoms with van der Waals surface area (Å²) in [6.07, 6.45) is 2.12. The molecule has 1 aliphatic rings. The van der Waals surface area contributed by atoms with Crippen molar-refractivity contribution in [2.45, 2.75) is 25.8 Å². The van der Waals surface area contributed by atoms with Crippen molar-refractivity contribution in [1.29, 1.82) is 0 Å². The van der Waals surface area contributed by atoms with Gasteiger partial charge in [0, 0.05) is 28.9 Å². The van der Waals surface area contributed by atoms with Gasteiger partial charge < -0.3 is 5.11 Å². The van der Waals surface area contributed by atoms with E-state index in [4.69, 9.17) is 0 Å². The number of carbonyl (C=O) groups is 1. The van der Waals surface area contributed by atoms with Gasteiger partial charge in [-0.2, -0.15) is 0 Å². The Kier molecular flexibility index (Phi) is 5.69. The van der Waals surface area contributed by atoms with E-state index < -0.39 is 0 Å². The second-order valence-corrected chi connectivity index (χ2v) is 7.37.